The maximum absolute atomic E-state index is 6.02. The van der Waals surface area contributed by atoms with Crippen molar-refractivity contribution in [3.05, 3.63) is 70.5 Å². The van der Waals surface area contributed by atoms with E-state index in [0.717, 1.165) is 39.4 Å². The first kappa shape index (κ1) is 19.6. The molecule has 3 atom stereocenters. The molecule has 5 rings (SSSR count). The molecular formula is C21H21ClN6OS. The van der Waals surface area contributed by atoms with Gasteiger partial charge in [0.25, 0.3) is 0 Å². The molecule has 1 saturated heterocycles. The first-order chi connectivity index (χ1) is 14.6. The molecule has 154 valence electrons. The van der Waals surface area contributed by atoms with Gasteiger partial charge in [0.15, 0.2) is 5.82 Å². The summed E-state index contributed by atoms with van der Waals surface area (Å²) in [7, 11) is 1.67. The number of aromatic nitrogens is 3. The number of nitrogens with one attached hydrogen (secondary N) is 2. The fraction of sp³-hybridized carbons (Fsp3) is 0.286. The maximum Gasteiger partial charge on any atom is 0.212 e. The van der Waals surface area contributed by atoms with Crippen molar-refractivity contribution in [1.29, 1.82) is 0 Å². The van der Waals surface area contributed by atoms with E-state index < -0.39 is 0 Å². The summed E-state index contributed by atoms with van der Waals surface area (Å²) < 4.78 is 7.14. The van der Waals surface area contributed by atoms with Crippen molar-refractivity contribution in [3.8, 4) is 5.75 Å². The second-order valence-electron chi connectivity index (χ2n) is 7.31. The minimum atomic E-state index is 0.00167. The highest BCUT2D eigenvalue weighted by atomic mass is 35.5. The van der Waals surface area contributed by atoms with Crippen LogP contribution >= 0.6 is 23.4 Å². The van der Waals surface area contributed by atoms with Gasteiger partial charge in [-0.2, -0.15) is 9.78 Å². The van der Waals surface area contributed by atoms with Crippen LogP contribution in [-0.2, 0) is 0 Å². The van der Waals surface area contributed by atoms with E-state index >= 15 is 0 Å². The van der Waals surface area contributed by atoms with Crippen molar-refractivity contribution in [2.45, 2.75) is 35.8 Å². The van der Waals surface area contributed by atoms with E-state index in [1.165, 1.54) is 5.56 Å². The zero-order valence-electron chi connectivity index (χ0n) is 16.5. The third kappa shape index (κ3) is 3.60. The Kier molecular flexibility index (Phi) is 5.24. The molecule has 3 aromatic rings. The fourth-order valence-corrected chi connectivity index (χ4v) is 4.82. The number of benzene rings is 2. The number of methoxy groups -OCH3 is 1. The zero-order valence-corrected chi connectivity index (χ0v) is 18.1. The van der Waals surface area contributed by atoms with Crippen molar-refractivity contribution < 1.29 is 4.74 Å². The molecule has 2 N–H and O–H groups in total. The normalized spacial score (nSPS) is 23.2. The molecule has 0 spiro atoms. The molecule has 0 bridgehead atoms. The number of hydrazine groups is 1. The number of hydrogen-bond acceptors (Lipinski definition) is 7. The van der Waals surface area contributed by atoms with Crippen LogP contribution in [0.1, 0.15) is 42.4 Å². The first-order valence-corrected chi connectivity index (χ1v) is 11.0. The van der Waals surface area contributed by atoms with Crippen LogP contribution < -0.4 is 15.6 Å². The Hall–Kier alpha value is -2.39. The second kappa shape index (κ2) is 8.03. The number of hydrogen-bond donors (Lipinski definition) is 2. The van der Waals surface area contributed by atoms with Gasteiger partial charge in [-0.05, 0) is 60.9 Å². The molecule has 30 heavy (non-hydrogen) atoms. The Bertz CT molecular complexity index is 1080. The monoisotopic (exact) mass is 440 g/mol. The highest BCUT2D eigenvalue weighted by Gasteiger charge is 2.33. The number of nitrogens with zero attached hydrogens (tertiary/aromatic N) is 4. The Labute approximate surface area is 183 Å². The minimum Gasteiger partial charge on any atom is -0.497 e. The van der Waals surface area contributed by atoms with Gasteiger partial charge in [0, 0.05) is 11.1 Å². The third-order valence-electron chi connectivity index (χ3n) is 5.38. The highest BCUT2D eigenvalue weighted by Crippen LogP contribution is 2.35. The van der Waals surface area contributed by atoms with Crippen molar-refractivity contribution in [3.63, 3.8) is 0 Å². The molecule has 1 aromatic heterocycles. The smallest absolute Gasteiger partial charge is 0.212 e. The summed E-state index contributed by atoms with van der Waals surface area (Å²) in [5.74, 6) is 1.63. The summed E-state index contributed by atoms with van der Waals surface area (Å²) in [5, 5.41) is 15.5. The quantitative estimate of drug-likeness (QED) is 0.639. The van der Waals surface area contributed by atoms with E-state index in [9.17, 15) is 0 Å². The van der Waals surface area contributed by atoms with Crippen LogP contribution in [0.25, 0.3) is 0 Å². The van der Waals surface area contributed by atoms with E-state index in [0.29, 0.717) is 0 Å². The molecule has 0 saturated carbocycles. The van der Waals surface area contributed by atoms with Crippen molar-refractivity contribution in [2.24, 2.45) is 5.10 Å². The molecule has 2 unspecified atom stereocenters. The molecule has 2 aliphatic heterocycles. The number of halogens is 1. The van der Waals surface area contributed by atoms with Crippen LogP contribution in [0.5, 0.6) is 5.75 Å². The van der Waals surface area contributed by atoms with Crippen molar-refractivity contribution >= 4 is 29.1 Å². The topological polar surface area (TPSA) is 76.4 Å². The SMILES string of the molecule is COc1ccc(C2=Nn3c(nnc3C3CC(c4ccc(Cl)cc4)NN3)S[C@H]2C)cc1. The molecule has 0 aliphatic carbocycles. The van der Waals surface area contributed by atoms with Gasteiger partial charge in [-0.25, -0.2) is 10.9 Å². The van der Waals surface area contributed by atoms with Gasteiger partial charge in [0.05, 0.1) is 24.1 Å². The van der Waals surface area contributed by atoms with Gasteiger partial charge in [-0.15, -0.1) is 10.2 Å². The van der Waals surface area contributed by atoms with Crippen LogP contribution in [-0.4, -0.2) is 32.9 Å². The predicted octanol–water partition coefficient (Wildman–Crippen LogP) is 3.97. The molecule has 7 nitrogen and oxygen atoms in total. The fourth-order valence-electron chi connectivity index (χ4n) is 3.76. The van der Waals surface area contributed by atoms with Crippen LogP contribution in [0.4, 0.5) is 0 Å². The lowest BCUT2D eigenvalue weighted by Crippen LogP contribution is -2.28. The van der Waals surface area contributed by atoms with Gasteiger partial charge in [-0.1, -0.05) is 35.5 Å². The summed E-state index contributed by atoms with van der Waals surface area (Å²) in [6.45, 7) is 2.14. The molecule has 3 heterocycles. The Balaban J connectivity index is 1.42. The Morgan fingerprint density at radius 1 is 1.03 bits per heavy atom. The van der Waals surface area contributed by atoms with Crippen LogP contribution in [0, 0.1) is 0 Å². The third-order valence-corrected chi connectivity index (χ3v) is 6.68. The summed E-state index contributed by atoms with van der Waals surface area (Å²) >= 11 is 7.69. The maximum atomic E-state index is 6.02. The summed E-state index contributed by atoms with van der Waals surface area (Å²) in [5.41, 5.74) is 9.95. The van der Waals surface area contributed by atoms with E-state index in [2.05, 4.69) is 28.0 Å². The van der Waals surface area contributed by atoms with Gasteiger partial charge >= 0.3 is 0 Å². The average molecular weight is 441 g/mol. The Morgan fingerprint density at radius 3 is 2.50 bits per heavy atom. The summed E-state index contributed by atoms with van der Waals surface area (Å²) in [6.07, 6.45) is 0.841. The summed E-state index contributed by atoms with van der Waals surface area (Å²) in [6, 6.07) is 16.1. The number of fused-ring (bicyclic) bond motifs is 1. The van der Waals surface area contributed by atoms with Gasteiger partial charge in [0.1, 0.15) is 5.75 Å². The highest BCUT2D eigenvalue weighted by molar-refractivity contribution is 8.00. The van der Waals surface area contributed by atoms with Crippen LogP contribution in [0.3, 0.4) is 0 Å². The standard InChI is InChI=1S/C21H21ClN6OS/c1-12-19(14-5-9-16(29-2)10-6-14)27-28-20(25-26-21(28)30-12)18-11-17(23-24-18)13-3-7-15(22)8-4-13/h3-10,12,17-18,23-24H,11H2,1-2H3/t12-,17?,18?/m0/s1. The molecular weight excluding hydrogens is 420 g/mol. The molecule has 0 amide bonds. The lowest BCUT2D eigenvalue weighted by Gasteiger charge is -2.21. The van der Waals surface area contributed by atoms with Gasteiger partial charge < -0.3 is 4.74 Å². The molecule has 2 aromatic carbocycles. The minimum absolute atomic E-state index is 0.00167. The van der Waals surface area contributed by atoms with Crippen molar-refractivity contribution in [1.82, 2.24) is 25.7 Å². The van der Waals surface area contributed by atoms with E-state index in [-0.39, 0.29) is 17.3 Å². The number of ether oxygens (including phenoxy) is 1. The van der Waals surface area contributed by atoms with Gasteiger partial charge in [0.2, 0.25) is 5.16 Å². The van der Waals surface area contributed by atoms with E-state index in [1.807, 2.05) is 53.2 Å². The van der Waals surface area contributed by atoms with Gasteiger partial charge in [-0.3, -0.25) is 0 Å². The molecule has 0 radical (unpaired) electrons. The second-order valence-corrected chi connectivity index (χ2v) is 9.05. The zero-order chi connectivity index (χ0) is 20.7. The average Bonchev–Trinajstić information content (AvgIpc) is 3.40. The summed E-state index contributed by atoms with van der Waals surface area (Å²) in [4.78, 5) is 0. The molecule has 1 fully saturated rings. The number of rotatable bonds is 4. The Morgan fingerprint density at radius 2 is 1.77 bits per heavy atom. The first-order valence-electron chi connectivity index (χ1n) is 9.74. The van der Waals surface area contributed by atoms with E-state index in [1.54, 1.807) is 18.9 Å². The predicted molar refractivity (Wildman–Crippen MR) is 118 cm³/mol. The molecule has 9 heteroatoms. The lowest BCUT2D eigenvalue weighted by molar-refractivity contribution is 0.415. The lowest BCUT2D eigenvalue weighted by atomic mass is 10.0. The largest absolute Gasteiger partial charge is 0.497 e. The molecule has 2 aliphatic rings. The van der Waals surface area contributed by atoms with E-state index in [4.69, 9.17) is 21.4 Å². The van der Waals surface area contributed by atoms with Crippen LogP contribution in [0.15, 0.2) is 58.8 Å². The number of thioether (sulfide) groups is 1. The van der Waals surface area contributed by atoms with Crippen LogP contribution in [0.2, 0.25) is 5.02 Å². The van der Waals surface area contributed by atoms with Crippen molar-refractivity contribution in [2.75, 3.05) is 7.11 Å².